The van der Waals surface area contributed by atoms with Crippen LogP contribution < -0.4 is 27.4 Å². The first-order valence-corrected chi connectivity index (χ1v) is 10.4. The Morgan fingerprint density at radius 3 is 2.35 bits per heavy atom. The van der Waals surface area contributed by atoms with Crippen molar-refractivity contribution in [2.24, 2.45) is 11.5 Å². The van der Waals surface area contributed by atoms with E-state index in [4.69, 9.17) is 11.5 Å². The topological polar surface area (TPSA) is 230 Å². The van der Waals surface area contributed by atoms with Gasteiger partial charge in [0.05, 0.1) is 19.1 Å². The number of aliphatic hydroxyl groups is 1. The average Bonchev–Trinajstić information content (AvgIpc) is 3.18. The van der Waals surface area contributed by atoms with Gasteiger partial charge in [-0.3, -0.25) is 19.2 Å². The van der Waals surface area contributed by atoms with Gasteiger partial charge < -0.3 is 42.6 Å². The van der Waals surface area contributed by atoms with Gasteiger partial charge in [-0.25, -0.2) is 4.79 Å². The quantitative estimate of drug-likeness (QED) is 0.162. The minimum Gasteiger partial charge on any atom is -0.480 e. The minimum atomic E-state index is -1.59. The summed E-state index contributed by atoms with van der Waals surface area (Å²) in [5.41, 5.74) is 12.0. The summed E-state index contributed by atoms with van der Waals surface area (Å²) in [6.45, 7) is 0.775. The summed E-state index contributed by atoms with van der Waals surface area (Å²) in [7, 11) is 0. The largest absolute Gasteiger partial charge is 0.480 e. The van der Waals surface area contributed by atoms with E-state index >= 15 is 0 Å². The summed E-state index contributed by atoms with van der Waals surface area (Å²) < 4.78 is 0. The number of carbonyl (C=O) groups is 5. The van der Waals surface area contributed by atoms with Gasteiger partial charge in [0.1, 0.15) is 18.1 Å². The molecule has 0 radical (unpaired) electrons. The van der Waals surface area contributed by atoms with E-state index in [9.17, 15) is 34.2 Å². The molecular formula is C21H28N6O7. The van der Waals surface area contributed by atoms with Crippen LogP contribution in [0.25, 0.3) is 10.9 Å². The Hall–Kier alpha value is -3.97. The van der Waals surface area contributed by atoms with Gasteiger partial charge in [0.2, 0.25) is 23.6 Å². The van der Waals surface area contributed by atoms with E-state index in [1.165, 1.54) is 6.92 Å². The van der Waals surface area contributed by atoms with E-state index in [1.807, 2.05) is 18.2 Å². The number of rotatable bonds is 12. The highest BCUT2D eigenvalue weighted by Crippen LogP contribution is 2.19. The van der Waals surface area contributed by atoms with E-state index in [-0.39, 0.29) is 6.42 Å². The molecule has 10 N–H and O–H groups in total. The number of carboxylic acid groups (broad SMARTS) is 1. The molecule has 1 aromatic carbocycles. The van der Waals surface area contributed by atoms with E-state index in [0.717, 1.165) is 10.9 Å². The van der Waals surface area contributed by atoms with Gasteiger partial charge in [0, 0.05) is 23.5 Å². The van der Waals surface area contributed by atoms with Gasteiger partial charge in [-0.05, 0) is 18.6 Å². The van der Waals surface area contributed by atoms with Crippen LogP contribution >= 0.6 is 0 Å². The molecule has 0 saturated carbocycles. The molecule has 0 bridgehead atoms. The van der Waals surface area contributed by atoms with Crippen LogP contribution in [-0.2, 0) is 30.4 Å². The molecule has 2 aromatic rings. The average molecular weight is 476 g/mol. The molecule has 13 nitrogen and oxygen atoms in total. The second-order valence-electron chi connectivity index (χ2n) is 7.74. The SMILES string of the molecule is C[C@@H](O)[C@H](N)C(=O)NCC(=O)N[C@@H](Cc1c[nH]c2ccccc12)C(=O)N[C@@H](CC(N)=O)C(=O)O. The third-order valence-corrected chi connectivity index (χ3v) is 5.02. The zero-order chi connectivity index (χ0) is 25.4. The predicted octanol–water partition coefficient (Wildman–Crippen LogP) is -2.54. The Kier molecular flexibility index (Phi) is 9.10. The van der Waals surface area contributed by atoms with E-state index in [0.29, 0.717) is 5.56 Å². The first-order chi connectivity index (χ1) is 16.0. The molecule has 0 saturated heterocycles. The van der Waals surface area contributed by atoms with Crippen molar-refractivity contribution in [2.45, 2.75) is 44.0 Å². The zero-order valence-electron chi connectivity index (χ0n) is 18.4. The Morgan fingerprint density at radius 2 is 1.74 bits per heavy atom. The number of nitrogens with two attached hydrogens (primary N) is 2. The number of carbonyl (C=O) groups excluding carboxylic acids is 4. The summed E-state index contributed by atoms with van der Waals surface area (Å²) in [4.78, 5) is 62.8. The van der Waals surface area contributed by atoms with Gasteiger partial charge in [0.25, 0.3) is 0 Å². The fraction of sp³-hybridized carbons (Fsp3) is 0.381. The fourth-order valence-electron chi connectivity index (χ4n) is 3.15. The van der Waals surface area contributed by atoms with Crippen LogP contribution in [-0.4, -0.2) is 75.6 Å². The molecule has 34 heavy (non-hydrogen) atoms. The van der Waals surface area contributed by atoms with Crippen molar-refractivity contribution in [2.75, 3.05) is 6.54 Å². The van der Waals surface area contributed by atoms with Gasteiger partial charge in [0.15, 0.2) is 0 Å². The molecule has 4 atom stereocenters. The van der Waals surface area contributed by atoms with Crippen LogP contribution in [0.4, 0.5) is 0 Å². The lowest BCUT2D eigenvalue weighted by molar-refractivity contribution is -0.143. The summed E-state index contributed by atoms with van der Waals surface area (Å²) >= 11 is 0. The Morgan fingerprint density at radius 1 is 1.06 bits per heavy atom. The number of aliphatic carboxylic acids is 1. The van der Waals surface area contributed by atoms with Crippen LogP contribution in [0, 0.1) is 0 Å². The predicted molar refractivity (Wildman–Crippen MR) is 120 cm³/mol. The molecule has 13 heteroatoms. The Labute approximate surface area is 194 Å². The van der Waals surface area contributed by atoms with Crippen LogP contribution in [0.5, 0.6) is 0 Å². The second-order valence-corrected chi connectivity index (χ2v) is 7.74. The standard InChI is InChI=1S/C21H28N6O7/c1-10(28)18(23)20(32)25-9-17(30)26-14(19(31)27-15(21(33)34)7-16(22)29)6-11-8-24-13-5-3-2-4-12(11)13/h2-5,8,10,14-15,18,24,28H,6-7,9,23H2,1H3,(H2,22,29)(H,25,32)(H,26,30)(H,27,31)(H,33,34)/t10-,14+,15+,18+/m1/s1. The number of aromatic nitrogens is 1. The van der Waals surface area contributed by atoms with Gasteiger partial charge in [-0.2, -0.15) is 0 Å². The number of aromatic amines is 1. The molecule has 4 amide bonds. The first-order valence-electron chi connectivity index (χ1n) is 10.4. The number of hydrogen-bond acceptors (Lipinski definition) is 7. The van der Waals surface area contributed by atoms with E-state index in [1.54, 1.807) is 12.3 Å². The summed E-state index contributed by atoms with van der Waals surface area (Å²) in [6.07, 6.45) is -0.145. The zero-order valence-corrected chi connectivity index (χ0v) is 18.4. The summed E-state index contributed by atoms with van der Waals surface area (Å²) in [5, 5.41) is 26.4. The lowest BCUT2D eigenvalue weighted by Crippen LogP contribution is -2.55. The monoisotopic (exact) mass is 476 g/mol. The van der Waals surface area contributed by atoms with Crippen molar-refractivity contribution < 1.29 is 34.2 Å². The number of para-hydroxylation sites is 1. The minimum absolute atomic E-state index is 0.0222. The van der Waals surface area contributed by atoms with Crippen molar-refractivity contribution in [1.82, 2.24) is 20.9 Å². The molecule has 0 spiro atoms. The maximum atomic E-state index is 12.9. The molecular weight excluding hydrogens is 448 g/mol. The highest BCUT2D eigenvalue weighted by molar-refractivity contribution is 5.94. The van der Waals surface area contributed by atoms with E-state index < -0.39 is 66.8 Å². The Balaban J connectivity index is 2.18. The van der Waals surface area contributed by atoms with Crippen molar-refractivity contribution >= 4 is 40.5 Å². The van der Waals surface area contributed by atoms with Crippen molar-refractivity contribution in [1.29, 1.82) is 0 Å². The highest BCUT2D eigenvalue weighted by Gasteiger charge is 2.29. The lowest BCUT2D eigenvalue weighted by Gasteiger charge is -2.21. The van der Waals surface area contributed by atoms with Crippen molar-refractivity contribution in [3.63, 3.8) is 0 Å². The van der Waals surface area contributed by atoms with E-state index in [2.05, 4.69) is 20.9 Å². The number of aliphatic hydroxyl groups excluding tert-OH is 1. The van der Waals surface area contributed by atoms with Crippen LogP contribution in [0.15, 0.2) is 30.5 Å². The maximum absolute atomic E-state index is 12.9. The van der Waals surface area contributed by atoms with Crippen LogP contribution in [0.3, 0.4) is 0 Å². The number of H-pyrrole nitrogens is 1. The highest BCUT2D eigenvalue weighted by atomic mass is 16.4. The Bertz CT molecular complexity index is 1070. The molecule has 0 fully saturated rings. The normalized spacial score (nSPS) is 14.4. The molecule has 2 rings (SSSR count). The maximum Gasteiger partial charge on any atom is 0.326 e. The third kappa shape index (κ3) is 7.28. The number of benzene rings is 1. The number of fused-ring (bicyclic) bond motifs is 1. The van der Waals surface area contributed by atoms with Gasteiger partial charge >= 0.3 is 5.97 Å². The lowest BCUT2D eigenvalue weighted by atomic mass is 10.0. The first kappa shape index (κ1) is 26.3. The smallest absolute Gasteiger partial charge is 0.326 e. The molecule has 0 aliphatic rings. The molecule has 1 heterocycles. The molecule has 0 unspecified atom stereocenters. The molecule has 184 valence electrons. The van der Waals surface area contributed by atoms with Gasteiger partial charge in [-0.15, -0.1) is 0 Å². The number of nitrogens with one attached hydrogen (secondary N) is 4. The number of hydrogen-bond donors (Lipinski definition) is 8. The molecule has 0 aliphatic heterocycles. The second kappa shape index (κ2) is 11.8. The van der Waals surface area contributed by atoms with Crippen molar-refractivity contribution in [3.05, 3.63) is 36.0 Å². The summed E-state index contributed by atoms with van der Waals surface area (Å²) in [6, 6.07) is 3.16. The molecule has 0 aliphatic carbocycles. The van der Waals surface area contributed by atoms with Crippen LogP contribution in [0.1, 0.15) is 18.9 Å². The summed E-state index contributed by atoms with van der Waals surface area (Å²) in [5.74, 6) is -4.78. The third-order valence-electron chi connectivity index (χ3n) is 5.02. The van der Waals surface area contributed by atoms with Crippen LogP contribution in [0.2, 0.25) is 0 Å². The molecule has 1 aromatic heterocycles. The van der Waals surface area contributed by atoms with Gasteiger partial charge in [-0.1, -0.05) is 18.2 Å². The number of primary amides is 1. The van der Waals surface area contributed by atoms with Crippen molar-refractivity contribution in [3.8, 4) is 0 Å². The fourth-order valence-corrected chi connectivity index (χ4v) is 3.15. The number of amides is 4. The number of carboxylic acids is 1.